The van der Waals surface area contributed by atoms with Crippen molar-refractivity contribution < 1.29 is 18.8 Å². The van der Waals surface area contributed by atoms with Crippen LogP contribution in [0, 0.1) is 6.92 Å². The molecule has 3 rings (SSSR count). The maximum Gasteiger partial charge on any atom is 0.338 e. The minimum Gasteiger partial charge on any atom is -0.462 e. The van der Waals surface area contributed by atoms with Gasteiger partial charge >= 0.3 is 5.97 Å². The van der Waals surface area contributed by atoms with Gasteiger partial charge < -0.3 is 19.9 Å². The number of carbonyl (C=O) groups is 2. The minimum atomic E-state index is -0.421. The number of aryl methyl sites for hydroxylation is 1. The van der Waals surface area contributed by atoms with E-state index in [1.807, 2.05) is 0 Å². The first-order chi connectivity index (χ1) is 13.0. The first kappa shape index (κ1) is 18.1. The molecule has 0 spiro atoms. The molecule has 0 saturated carbocycles. The standard InChI is InChI=1S/C18H17N5O4/c1-3-26-18(25)12-4-6-13(7-5-12)21-17(24)14-9-20-16(10-19-14)22-15-8-11(2)27-23-15/h4-10H,3H2,1-2H3,(H,21,24)(H,20,22,23). The van der Waals surface area contributed by atoms with Crippen LogP contribution in [0.5, 0.6) is 0 Å². The predicted octanol–water partition coefficient (Wildman–Crippen LogP) is 2.95. The summed E-state index contributed by atoms with van der Waals surface area (Å²) in [5, 5.41) is 9.39. The molecule has 0 bridgehead atoms. The number of anilines is 3. The van der Waals surface area contributed by atoms with Gasteiger partial charge in [-0.3, -0.25) is 4.79 Å². The van der Waals surface area contributed by atoms with Gasteiger partial charge in [-0.2, -0.15) is 0 Å². The lowest BCUT2D eigenvalue weighted by molar-refractivity contribution is 0.0526. The monoisotopic (exact) mass is 367 g/mol. The van der Waals surface area contributed by atoms with E-state index >= 15 is 0 Å². The van der Waals surface area contributed by atoms with E-state index in [1.165, 1.54) is 12.4 Å². The lowest BCUT2D eigenvalue weighted by atomic mass is 10.2. The molecule has 9 heteroatoms. The summed E-state index contributed by atoms with van der Waals surface area (Å²) in [5.74, 6) is 0.761. The van der Waals surface area contributed by atoms with Gasteiger partial charge in [0.15, 0.2) is 5.82 Å². The van der Waals surface area contributed by atoms with Crippen molar-refractivity contribution in [1.29, 1.82) is 0 Å². The molecule has 1 aromatic carbocycles. The normalized spacial score (nSPS) is 10.3. The summed E-state index contributed by atoms with van der Waals surface area (Å²) >= 11 is 0. The third kappa shape index (κ3) is 4.66. The van der Waals surface area contributed by atoms with Crippen LogP contribution in [0.3, 0.4) is 0 Å². The molecular formula is C18H17N5O4. The van der Waals surface area contributed by atoms with Crippen LogP contribution >= 0.6 is 0 Å². The highest BCUT2D eigenvalue weighted by molar-refractivity contribution is 6.03. The van der Waals surface area contributed by atoms with Gasteiger partial charge in [-0.15, -0.1) is 0 Å². The highest BCUT2D eigenvalue weighted by atomic mass is 16.5. The second kappa shape index (κ2) is 8.09. The summed E-state index contributed by atoms with van der Waals surface area (Å²) in [6, 6.07) is 8.08. The van der Waals surface area contributed by atoms with Gasteiger partial charge in [0.05, 0.1) is 24.6 Å². The number of nitrogens with zero attached hydrogens (tertiary/aromatic N) is 3. The SMILES string of the molecule is CCOC(=O)c1ccc(NC(=O)c2cnc(Nc3cc(C)on3)cn2)cc1. The van der Waals surface area contributed by atoms with Crippen molar-refractivity contribution in [2.45, 2.75) is 13.8 Å². The van der Waals surface area contributed by atoms with Crippen molar-refractivity contribution >= 4 is 29.2 Å². The molecule has 9 nitrogen and oxygen atoms in total. The Kier molecular flexibility index (Phi) is 5.41. The van der Waals surface area contributed by atoms with Crippen LogP contribution in [0.1, 0.15) is 33.5 Å². The fraction of sp³-hybridized carbons (Fsp3) is 0.167. The predicted molar refractivity (Wildman–Crippen MR) is 96.9 cm³/mol. The Bertz CT molecular complexity index is 935. The van der Waals surface area contributed by atoms with Crippen LogP contribution < -0.4 is 10.6 Å². The summed E-state index contributed by atoms with van der Waals surface area (Å²) in [6.45, 7) is 3.81. The summed E-state index contributed by atoms with van der Waals surface area (Å²) in [4.78, 5) is 32.1. The number of hydrogen-bond acceptors (Lipinski definition) is 8. The summed E-state index contributed by atoms with van der Waals surface area (Å²) in [7, 11) is 0. The molecule has 0 radical (unpaired) electrons. The highest BCUT2D eigenvalue weighted by Crippen LogP contribution is 2.14. The van der Waals surface area contributed by atoms with Crippen molar-refractivity contribution in [3.63, 3.8) is 0 Å². The van der Waals surface area contributed by atoms with E-state index in [9.17, 15) is 9.59 Å². The second-order valence-corrected chi connectivity index (χ2v) is 5.49. The zero-order valence-electron chi connectivity index (χ0n) is 14.7. The Morgan fingerprint density at radius 2 is 1.89 bits per heavy atom. The second-order valence-electron chi connectivity index (χ2n) is 5.49. The van der Waals surface area contributed by atoms with E-state index in [4.69, 9.17) is 9.26 Å². The number of ether oxygens (including phenoxy) is 1. The maximum absolute atomic E-state index is 12.3. The van der Waals surface area contributed by atoms with E-state index in [0.717, 1.165) is 0 Å². The van der Waals surface area contributed by atoms with Crippen LogP contribution in [0.25, 0.3) is 0 Å². The number of rotatable bonds is 6. The fourth-order valence-electron chi connectivity index (χ4n) is 2.17. The minimum absolute atomic E-state index is 0.145. The third-order valence-electron chi connectivity index (χ3n) is 3.42. The topological polar surface area (TPSA) is 119 Å². The number of aromatic nitrogens is 3. The molecular weight excluding hydrogens is 350 g/mol. The highest BCUT2D eigenvalue weighted by Gasteiger charge is 2.11. The number of amides is 1. The van der Waals surface area contributed by atoms with Crippen molar-refractivity contribution in [3.05, 3.63) is 59.7 Å². The zero-order chi connectivity index (χ0) is 19.2. The number of benzene rings is 1. The van der Waals surface area contributed by atoms with Crippen LogP contribution in [-0.2, 0) is 4.74 Å². The van der Waals surface area contributed by atoms with Crippen LogP contribution in [0.4, 0.5) is 17.3 Å². The summed E-state index contributed by atoms with van der Waals surface area (Å²) in [6.07, 6.45) is 2.76. The van der Waals surface area contributed by atoms with Gasteiger partial charge in [-0.25, -0.2) is 14.8 Å². The zero-order valence-corrected chi connectivity index (χ0v) is 14.7. The smallest absolute Gasteiger partial charge is 0.338 e. The first-order valence-electron chi connectivity index (χ1n) is 8.16. The van der Waals surface area contributed by atoms with Crippen molar-refractivity contribution in [1.82, 2.24) is 15.1 Å². The Morgan fingerprint density at radius 3 is 2.48 bits per heavy atom. The molecule has 1 amide bonds. The van der Waals surface area contributed by atoms with Gasteiger partial charge in [0, 0.05) is 11.8 Å². The molecule has 0 aliphatic carbocycles. The lowest BCUT2D eigenvalue weighted by Gasteiger charge is -2.06. The number of carbonyl (C=O) groups excluding carboxylic acids is 2. The molecule has 2 N–H and O–H groups in total. The van der Waals surface area contributed by atoms with Gasteiger partial charge in [0.2, 0.25) is 0 Å². The molecule has 0 unspecified atom stereocenters. The van der Waals surface area contributed by atoms with Crippen molar-refractivity contribution in [3.8, 4) is 0 Å². The third-order valence-corrected chi connectivity index (χ3v) is 3.42. The quantitative estimate of drug-likeness (QED) is 0.638. The number of esters is 1. The Hall–Kier alpha value is -3.75. The maximum atomic E-state index is 12.3. The van der Waals surface area contributed by atoms with Crippen LogP contribution in [0.15, 0.2) is 47.2 Å². The molecule has 138 valence electrons. The summed E-state index contributed by atoms with van der Waals surface area (Å²) in [5.41, 5.74) is 1.08. The van der Waals surface area contributed by atoms with Crippen molar-refractivity contribution in [2.75, 3.05) is 17.2 Å². The Balaban J connectivity index is 1.61. The molecule has 27 heavy (non-hydrogen) atoms. The average molecular weight is 367 g/mol. The largest absolute Gasteiger partial charge is 0.462 e. The van der Waals surface area contributed by atoms with Gasteiger partial charge in [-0.1, -0.05) is 5.16 Å². The molecule has 2 heterocycles. The molecule has 3 aromatic rings. The Labute approximate surface area is 154 Å². The van der Waals surface area contributed by atoms with E-state index in [-0.39, 0.29) is 5.69 Å². The summed E-state index contributed by atoms with van der Waals surface area (Å²) < 4.78 is 9.86. The van der Waals surface area contributed by atoms with Crippen molar-refractivity contribution in [2.24, 2.45) is 0 Å². The lowest BCUT2D eigenvalue weighted by Crippen LogP contribution is -2.14. The molecule has 0 aliphatic heterocycles. The van der Waals surface area contributed by atoms with Crippen LogP contribution in [-0.4, -0.2) is 33.6 Å². The van der Waals surface area contributed by atoms with Gasteiger partial charge in [0.1, 0.15) is 17.3 Å². The average Bonchev–Trinajstić information content (AvgIpc) is 3.08. The molecule has 0 atom stereocenters. The van der Waals surface area contributed by atoms with Gasteiger partial charge in [-0.05, 0) is 38.1 Å². The van der Waals surface area contributed by atoms with Gasteiger partial charge in [0.25, 0.3) is 5.91 Å². The first-order valence-corrected chi connectivity index (χ1v) is 8.16. The van der Waals surface area contributed by atoms with E-state index in [0.29, 0.717) is 35.3 Å². The fourth-order valence-corrected chi connectivity index (χ4v) is 2.17. The van der Waals surface area contributed by atoms with Crippen LogP contribution in [0.2, 0.25) is 0 Å². The Morgan fingerprint density at radius 1 is 1.11 bits per heavy atom. The molecule has 0 saturated heterocycles. The number of nitrogens with one attached hydrogen (secondary N) is 2. The van der Waals surface area contributed by atoms with E-state index in [2.05, 4.69) is 25.8 Å². The number of hydrogen-bond donors (Lipinski definition) is 2. The van der Waals surface area contributed by atoms with E-state index in [1.54, 1.807) is 44.2 Å². The molecule has 2 aromatic heterocycles. The van der Waals surface area contributed by atoms with E-state index < -0.39 is 11.9 Å². The molecule has 0 fully saturated rings. The molecule has 0 aliphatic rings.